The van der Waals surface area contributed by atoms with Crippen LogP contribution < -0.4 is 10.9 Å². The number of rotatable bonds is 5. The van der Waals surface area contributed by atoms with Crippen molar-refractivity contribution < 1.29 is 13.2 Å². The number of aryl methyl sites for hydroxylation is 1. The van der Waals surface area contributed by atoms with E-state index >= 15 is 0 Å². The summed E-state index contributed by atoms with van der Waals surface area (Å²) < 4.78 is 26.4. The Hall–Kier alpha value is -2.48. The molecule has 0 radical (unpaired) electrons. The van der Waals surface area contributed by atoms with Gasteiger partial charge in [-0.15, -0.1) is 0 Å². The summed E-state index contributed by atoms with van der Waals surface area (Å²) in [5.41, 5.74) is 0.283. The fourth-order valence-electron chi connectivity index (χ4n) is 3.07. The minimum absolute atomic E-state index is 0.102. The molecular formula is C18H21N3O4S. The van der Waals surface area contributed by atoms with Gasteiger partial charge in [-0.1, -0.05) is 25.0 Å². The van der Waals surface area contributed by atoms with Crippen LogP contribution in [0.25, 0.3) is 0 Å². The van der Waals surface area contributed by atoms with Gasteiger partial charge in [-0.25, -0.2) is 13.1 Å². The van der Waals surface area contributed by atoms with Gasteiger partial charge in [0, 0.05) is 12.1 Å². The van der Waals surface area contributed by atoms with E-state index < -0.39 is 15.4 Å². The molecule has 0 aliphatic heterocycles. The lowest BCUT2D eigenvalue weighted by Crippen LogP contribution is -2.38. The molecule has 1 aromatic heterocycles. The second kappa shape index (κ2) is 7.41. The quantitative estimate of drug-likeness (QED) is 0.853. The smallest absolute Gasteiger partial charge is 0.267 e. The van der Waals surface area contributed by atoms with Crippen molar-refractivity contribution in [3.05, 3.63) is 52.3 Å². The Balaban J connectivity index is 1.85. The number of nitrogens with one attached hydrogen (secondary N) is 1. The zero-order valence-electron chi connectivity index (χ0n) is 14.5. The third-order valence-corrected chi connectivity index (χ3v) is 6.07. The Morgan fingerprint density at radius 3 is 2.65 bits per heavy atom. The van der Waals surface area contributed by atoms with Gasteiger partial charge < -0.3 is 5.32 Å². The van der Waals surface area contributed by atoms with Crippen molar-refractivity contribution >= 4 is 15.7 Å². The van der Waals surface area contributed by atoms with Crippen LogP contribution >= 0.6 is 0 Å². The molecule has 1 fully saturated rings. The summed E-state index contributed by atoms with van der Waals surface area (Å²) in [6.07, 6.45) is 4.01. The van der Waals surface area contributed by atoms with Crippen molar-refractivity contribution in [2.75, 3.05) is 0 Å². The Labute approximate surface area is 152 Å². The Morgan fingerprint density at radius 1 is 1.23 bits per heavy atom. The SMILES string of the molecule is Cc1cccc(S(=O)(=O)c2ccc(=O)n(CC(=O)NC3CCCC3)n2)c1. The van der Waals surface area contributed by atoms with Gasteiger partial charge in [0.1, 0.15) is 6.54 Å². The predicted octanol–water partition coefficient (Wildman–Crippen LogP) is 1.44. The zero-order valence-corrected chi connectivity index (χ0v) is 15.3. The van der Waals surface area contributed by atoms with Gasteiger partial charge in [-0.2, -0.15) is 5.10 Å². The molecule has 138 valence electrons. The predicted molar refractivity (Wildman–Crippen MR) is 95.5 cm³/mol. The van der Waals surface area contributed by atoms with Crippen LogP contribution in [0.15, 0.2) is 51.1 Å². The third-order valence-electron chi connectivity index (χ3n) is 4.43. The third kappa shape index (κ3) is 4.01. The largest absolute Gasteiger partial charge is 0.352 e. The van der Waals surface area contributed by atoms with Crippen molar-refractivity contribution in [2.24, 2.45) is 0 Å². The van der Waals surface area contributed by atoms with Crippen LogP contribution in [0.5, 0.6) is 0 Å². The van der Waals surface area contributed by atoms with Crippen LogP contribution in [0.2, 0.25) is 0 Å². The van der Waals surface area contributed by atoms with Crippen molar-refractivity contribution in [1.82, 2.24) is 15.1 Å². The number of nitrogens with zero attached hydrogens (tertiary/aromatic N) is 2. The Kier molecular flexibility index (Phi) is 5.22. The summed E-state index contributed by atoms with van der Waals surface area (Å²) in [6.45, 7) is 1.49. The monoisotopic (exact) mass is 375 g/mol. The molecule has 3 rings (SSSR count). The fraction of sp³-hybridized carbons (Fsp3) is 0.389. The maximum Gasteiger partial charge on any atom is 0.267 e. The van der Waals surface area contributed by atoms with Gasteiger partial charge in [-0.05, 0) is 43.5 Å². The fourth-order valence-corrected chi connectivity index (χ4v) is 4.36. The number of carbonyl (C=O) groups is 1. The average molecular weight is 375 g/mol. The van der Waals surface area contributed by atoms with E-state index in [4.69, 9.17) is 0 Å². The Bertz CT molecular complexity index is 976. The zero-order chi connectivity index (χ0) is 18.7. The topological polar surface area (TPSA) is 98.1 Å². The lowest BCUT2D eigenvalue weighted by molar-refractivity contribution is -0.122. The van der Waals surface area contributed by atoms with Crippen molar-refractivity contribution in [3.63, 3.8) is 0 Å². The minimum Gasteiger partial charge on any atom is -0.352 e. The molecule has 1 aliphatic carbocycles. The van der Waals surface area contributed by atoms with Crippen LogP contribution in [0.1, 0.15) is 31.2 Å². The summed E-state index contributed by atoms with van der Waals surface area (Å²) in [7, 11) is -3.86. The van der Waals surface area contributed by atoms with E-state index in [0.717, 1.165) is 42.0 Å². The lowest BCUT2D eigenvalue weighted by Gasteiger charge is -2.13. The Morgan fingerprint density at radius 2 is 1.96 bits per heavy atom. The van der Waals surface area contributed by atoms with Crippen molar-refractivity contribution in [2.45, 2.75) is 55.1 Å². The van der Waals surface area contributed by atoms with E-state index in [2.05, 4.69) is 10.4 Å². The highest BCUT2D eigenvalue weighted by Crippen LogP contribution is 2.19. The molecule has 8 heteroatoms. The van der Waals surface area contributed by atoms with Crippen LogP contribution in [0.3, 0.4) is 0 Å². The molecular weight excluding hydrogens is 354 g/mol. The summed E-state index contributed by atoms with van der Waals surface area (Å²) in [5, 5.41) is 6.53. The summed E-state index contributed by atoms with van der Waals surface area (Å²) in [5.74, 6) is -0.336. The van der Waals surface area contributed by atoms with E-state index in [1.807, 2.05) is 0 Å². The molecule has 1 N–H and O–H groups in total. The first kappa shape index (κ1) is 18.3. The van der Waals surface area contributed by atoms with E-state index in [1.54, 1.807) is 25.1 Å². The second-order valence-corrected chi connectivity index (χ2v) is 8.43. The van der Waals surface area contributed by atoms with Gasteiger partial charge in [-0.3, -0.25) is 9.59 Å². The highest BCUT2D eigenvalue weighted by molar-refractivity contribution is 7.91. The van der Waals surface area contributed by atoms with Crippen LogP contribution in [-0.2, 0) is 21.2 Å². The first-order valence-corrected chi connectivity index (χ1v) is 10.0. The maximum absolute atomic E-state index is 12.7. The number of benzene rings is 1. The molecule has 2 aromatic rings. The summed E-state index contributed by atoms with van der Waals surface area (Å²) in [4.78, 5) is 24.2. The highest BCUT2D eigenvalue weighted by atomic mass is 32.2. The van der Waals surface area contributed by atoms with Crippen LogP contribution in [0, 0.1) is 6.92 Å². The number of hydrogen-bond acceptors (Lipinski definition) is 5. The molecule has 26 heavy (non-hydrogen) atoms. The molecule has 0 atom stereocenters. The van der Waals surface area contributed by atoms with E-state index in [0.29, 0.717) is 0 Å². The lowest BCUT2D eigenvalue weighted by atomic mass is 10.2. The van der Waals surface area contributed by atoms with Crippen LogP contribution in [-0.4, -0.2) is 30.1 Å². The van der Waals surface area contributed by atoms with Crippen molar-refractivity contribution in [1.29, 1.82) is 0 Å². The highest BCUT2D eigenvalue weighted by Gasteiger charge is 2.22. The van der Waals surface area contributed by atoms with E-state index in [-0.39, 0.29) is 28.4 Å². The summed E-state index contributed by atoms with van der Waals surface area (Å²) >= 11 is 0. The van der Waals surface area contributed by atoms with E-state index in [9.17, 15) is 18.0 Å². The molecule has 1 amide bonds. The average Bonchev–Trinajstić information content (AvgIpc) is 3.09. The van der Waals surface area contributed by atoms with Gasteiger partial charge in [0.2, 0.25) is 15.7 Å². The van der Waals surface area contributed by atoms with Gasteiger partial charge in [0.25, 0.3) is 5.56 Å². The molecule has 7 nitrogen and oxygen atoms in total. The number of hydrogen-bond donors (Lipinski definition) is 1. The molecule has 0 saturated heterocycles. The van der Waals surface area contributed by atoms with Gasteiger partial charge in [0.15, 0.2) is 5.03 Å². The van der Waals surface area contributed by atoms with Crippen LogP contribution in [0.4, 0.5) is 0 Å². The van der Waals surface area contributed by atoms with Gasteiger partial charge in [0.05, 0.1) is 4.90 Å². The molecule has 1 aliphatic rings. The molecule has 0 spiro atoms. The molecule has 1 saturated carbocycles. The normalized spacial score (nSPS) is 15.1. The molecule has 1 aromatic carbocycles. The number of amides is 1. The second-order valence-electron chi connectivity index (χ2n) is 6.54. The maximum atomic E-state index is 12.7. The first-order valence-electron chi connectivity index (χ1n) is 8.55. The molecule has 0 unspecified atom stereocenters. The van der Waals surface area contributed by atoms with E-state index in [1.165, 1.54) is 12.1 Å². The minimum atomic E-state index is -3.86. The number of aromatic nitrogens is 2. The number of sulfone groups is 1. The van der Waals surface area contributed by atoms with Crippen molar-refractivity contribution in [3.8, 4) is 0 Å². The standard InChI is InChI=1S/C18H21N3O4S/c1-13-5-4-8-15(11-13)26(24,25)17-9-10-18(23)21(20-17)12-16(22)19-14-6-2-3-7-14/h4-5,8-11,14H,2-3,6-7,12H2,1H3,(H,19,22). The molecule has 1 heterocycles. The molecule has 0 bridgehead atoms. The van der Waals surface area contributed by atoms with Gasteiger partial charge >= 0.3 is 0 Å². The summed E-state index contributed by atoms with van der Waals surface area (Å²) in [6, 6.07) is 8.88. The first-order chi connectivity index (χ1) is 12.4. The number of carbonyl (C=O) groups excluding carboxylic acids is 1.